The minimum absolute atomic E-state index is 0.170. The molecule has 0 bridgehead atoms. The number of hydrogen-bond donors (Lipinski definition) is 0. The van der Waals surface area contributed by atoms with E-state index in [1.165, 1.54) is 7.11 Å². The van der Waals surface area contributed by atoms with Gasteiger partial charge in [-0.25, -0.2) is 4.79 Å². The minimum atomic E-state index is -0.529. The molecule has 0 saturated heterocycles. The Labute approximate surface area is 93.2 Å². The Balaban J connectivity index is 3.37. The van der Waals surface area contributed by atoms with Crippen LogP contribution in [0.25, 0.3) is 0 Å². The van der Waals surface area contributed by atoms with E-state index in [1.807, 2.05) is 13.0 Å². The number of carbonyl (C=O) groups excluding carboxylic acids is 1. The van der Waals surface area contributed by atoms with Gasteiger partial charge in [0.1, 0.15) is 6.07 Å². The summed E-state index contributed by atoms with van der Waals surface area (Å²) in [5, 5.41) is 9.09. The van der Waals surface area contributed by atoms with Gasteiger partial charge in [-0.2, -0.15) is 5.26 Å². The number of nitrogens with zero attached hydrogens (tertiary/aromatic N) is 1. The Hall–Kier alpha value is -1.53. The highest BCUT2D eigenvalue weighted by atomic mass is 35.5. The normalized spacial score (nSPS) is 9.47. The number of benzene rings is 1. The zero-order chi connectivity index (χ0) is 11.4. The first kappa shape index (κ1) is 11.5. The fraction of sp³-hybridized carbons (Fsp3) is 0.273. The standard InChI is InChI=1S/C11H10ClNO2/c1-3-7-4-5-8(11(14)15-2)10(12)9(7)6-13/h4-5H,3H2,1-2H3. The lowest BCUT2D eigenvalue weighted by Crippen LogP contribution is -2.04. The van der Waals surface area contributed by atoms with Gasteiger partial charge in [-0.05, 0) is 18.1 Å². The molecule has 0 amide bonds. The van der Waals surface area contributed by atoms with E-state index in [2.05, 4.69) is 4.74 Å². The maximum absolute atomic E-state index is 11.3. The third-order valence-corrected chi connectivity index (χ3v) is 2.52. The lowest BCUT2D eigenvalue weighted by atomic mass is 10.0. The lowest BCUT2D eigenvalue weighted by Gasteiger charge is -2.07. The number of methoxy groups -OCH3 is 1. The third kappa shape index (κ3) is 2.11. The number of rotatable bonds is 2. The fourth-order valence-electron chi connectivity index (χ4n) is 1.30. The van der Waals surface area contributed by atoms with Crippen molar-refractivity contribution in [1.29, 1.82) is 5.26 Å². The highest BCUT2D eigenvalue weighted by Crippen LogP contribution is 2.25. The maximum atomic E-state index is 11.3. The summed E-state index contributed by atoms with van der Waals surface area (Å²) < 4.78 is 4.56. The molecule has 0 aliphatic carbocycles. The van der Waals surface area contributed by atoms with Crippen LogP contribution < -0.4 is 0 Å². The summed E-state index contributed by atoms with van der Waals surface area (Å²) in [5.74, 6) is -0.529. The smallest absolute Gasteiger partial charge is 0.339 e. The molecule has 4 heteroatoms. The van der Waals surface area contributed by atoms with Crippen LogP contribution in [-0.2, 0) is 11.2 Å². The third-order valence-electron chi connectivity index (χ3n) is 2.13. The molecular formula is C11H10ClNO2. The second kappa shape index (κ2) is 4.81. The van der Waals surface area contributed by atoms with E-state index in [4.69, 9.17) is 16.9 Å². The molecule has 0 unspecified atom stereocenters. The van der Waals surface area contributed by atoms with E-state index in [1.54, 1.807) is 12.1 Å². The molecule has 0 aromatic heterocycles. The van der Waals surface area contributed by atoms with Crippen molar-refractivity contribution in [2.75, 3.05) is 7.11 Å². The average molecular weight is 224 g/mol. The SMILES string of the molecule is CCc1ccc(C(=O)OC)c(Cl)c1C#N. The zero-order valence-corrected chi connectivity index (χ0v) is 9.26. The van der Waals surface area contributed by atoms with E-state index in [-0.39, 0.29) is 10.6 Å². The Kier molecular flexibility index (Phi) is 3.70. The highest BCUT2D eigenvalue weighted by molar-refractivity contribution is 6.34. The van der Waals surface area contributed by atoms with Gasteiger partial charge in [-0.1, -0.05) is 24.6 Å². The molecule has 0 N–H and O–H groups in total. The zero-order valence-electron chi connectivity index (χ0n) is 8.50. The van der Waals surface area contributed by atoms with Gasteiger partial charge in [-0.15, -0.1) is 0 Å². The van der Waals surface area contributed by atoms with Crippen LogP contribution >= 0.6 is 11.6 Å². The van der Waals surface area contributed by atoms with Crippen molar-refractivity contribution in [3.63, 3.8) is 0 Å². The largest absolute Gasteiger partial charge is 0.465 e. The van der Waals surface area contributed by atoms with Gasteiger partial charge in [0.25, 0.3) is 0 Å². The van der Waals surface area contributed by atoms with E-state index in [0.29, 0.717) is 12.0 Å². The molecule has 1 aromatic carbocycles. The molecule has 0 spiro atoms. The minimum Gasteiger partial charge on any atom is -0.465 e. The molecule has 0 fully saturated rings. The predicted octanol–water partition coefficient (Wildman–Crippen LogP) is 2.56. The van der Waals surface area contributed by atoms with Crippen LogP contribution in [0.4, 0.5) is 0 Å². The number of esters is 1. The van der Waals surface area contributed by atoms with Crippen LogP contribution in [0.15, 0.2) is 12.1 Å². The first-order chi connectivity index (χ1) is 7.15. The Morgan fingerprint density at radius 3 is 2.73 bits per heavy atom. The quantitative estimate of drug-likeness (QED) is 0.724. The van der Waals surface area contributed by atoms with Crippen molar-refractivity contribution in [2.45, 2.75) is 13.3 Å². The van der Waals surface area contributed by atoms with Gasteiger partial charge in [-0.3, -0.25) is 0 Å². The second-order valence-electron chi connectivity index (χ2n) is 2.92. The number of ether oxygens (including phenoxy) is 1. The van der Waals surface area contributed by atoms with Crippen molar-refractivity contribution < 1.29 is 9.53 Å². The number of hydrogen-bond acceptors (Lipinski definition) is 3. The number of carbonyl (C=O) groups is 1. The molecule has 15 heavy (non-hydrogen) atoms. The fourth-order valence-corrected chi connectivity index (χ4v) is 1.60. The lowest BCUT2D eigenvalue weighted by molar-refractivity contribution is 0.0601. The van der Waals surface area contributed by atoms with Crippen molar-refractivity contribution in [1.82, 2.24) is 0 Å². The molecular weight excluding hydrogens is 214 g/mol. The molecule has 0 heterocycles. The number of nitriles is 1. The summed E-state index contributed by atoms with van der Waals surface area (Å²) in [6.07, 6.45) is 0.698. The average Bonchev–Trinajstić information content (AvgIpc) is 2.27. The van der Waals surface area contributed by atoms with Gasteiger partial charge in [0, 0.05) is 0 Å². The van der Waals surface area contributed by atoms with Gasteiger partial charge >= 0.3 is 5.97 Å². The Morgan fingerprint density at radius 2 is 2.27 bits per heavy atom. The molecule has 0 aliphatic heterocycles. The summed E-state index contributed by atoms with van der Waals surface area (Å²) in [6.45, 7) is 1.92. The summed E-state index contributed by atoms with van der Waals surface area (Å²) in [6, 6.07) is 5.29. The van der Waals surface area contributed by atoms with Crippen molar-refractivity contribution in [2.24, 2.45) is 0 Å². The molecule has 0 aliphatic rings. The topological polar surface area (TPSA) is 50.1 Å². The first-order valence-corrected chi connectivity index (χ1v) is 4.83. The van der Waals surface area contributed by atoms with Crippen molar-refractivity contribution >= 4 is 17.6 Å². The second-order valence-corrected chi connectivity index (χ2v) is 3.30. The maximum Gasteiger partial charge on any atom is 0.339 e. The summed E-state index contributed by atoms with van der Waals surface area (Å²) in [5.41, 5.74) is 1.41. The monoisotopic (exact) mass is 223 g/mol. The molecule has 1 rings (SSSR count). The molecule has 0 saturated carbocycles. The molecule has 0 radical (unpaired) electrons. The molecule has 0 atom stereocenters. The summed E-state index contributed by atoms with van der Waals surface area (Å²) in [7, 11) is 1.28. The molecule has 3 nitrogen and oxygen atoms in total. The van der Waals surface area contributed by atoms with Gasteiger partial charge < -0.3 is 4.74 Å². The predicted molar refractivity (Wildman–Crippen MR) is 56.9 cm³/mol. The van der Waals surface area contributed by atoms with Gasteiger partial charge in [0.2, 0.25) is 0 Å². The van der Waals surface area contributed by atoms with Crippen LogP contribution in [-0.4, -0.2) is 13.1 Å². The highest BCUT2D eigenvalue weighted by Gasteiger charge is 2.16. The van der Waals surface area contributed by atoms with Crippen LogP contribution in [0.5, 0.6) is 0 Å². The van der Waals surface area contributed by atoms with Gasteiger partial charge in [0.15, 0.2) is 0 Å². The van der Waals surface area contributed by atoms with Crippen molar-refractivity contribution in [3.05, 3.63) is 33.8 Å². The van der Waals surface area contributed by atoms with E-state index >= 15 is 0 Å². The van der Waals surface area contributed by atoms with E-state index in [0.717, 1.165) is 5.56 Å². The molecule has 1 aromatic rings. The van der Waals surface area contributed by atoms with E-state index < -0.39 is 5.97 Å². The van der Waals surface area contributed by atoms with Crippen molar-refractivity contribution in [3.8, 4) is 6.07 Å². The number of aryl methyl sites for hydroxylation is 1. The van der Waals surface area contributed by atoms with Gasteiger partial charge in [0.05, 0.1) is 23.3 Å². The first-order valence-electron chi connectivity index (χ1n) is 4.45. The summed E-state index contributed by atoms with van der Waals surface area (Å²) in [4.78, 5) is 11.3. The van der Waals surface area contributed by atoms with E-state index in [9.17, 15) is 4.79 Å². The number of halogens is 1. The van der Waals surface area contributed by atoms with Crippen LogP contribution in [0.1, 0.15) is 28.4 Å². The van der Waals surface area contributed by atoms with Crippen LogP contribution in [0.2, 0.25) is 5.02 Å². The Morgan fingerprint density at radius 1 is 1.60 bits per heavy atom. The van der Waals surface area contributed by atoms with Crippen LogP contribution in [0.3, 0.4) is 0 Å². The summed E-state index contributed by atoms with van der Waals surface area (Å²) >= 11 is 5.94. The van der Waals surface area contributed by atoms with Crippen LogP contribution in [0, 0.1) is 11.3 Å². The molecule has 78 valence electrons. The Bertz CT molecular complexity index is 435.